The van der Waals surface area contributed by atoms with Crippen LogP contribution in [-0.2, 0) is 4.74 Å². The van der Waals surface area contributed by atoms with Crippen LogP contribution in [0.4, 0.5) is 0 Å². The summed E-state index contributed by atoms with van der Waals surface area (Å²) in [7, 11) is 1.27. The normalized spacial score (nSPS) is 12.2. The van der Waals surface area contributed by atoms with Gasteiger partial charge in [-0.1, -0.05) is 0 Å². The number of pyridine rings is 1. The van der Waals surface area contributed by atoms with E-state index in [9.17, 15) is 9.90 Å². The molecule has 0 radical (unpaired) electrons. The first-order valence-electron chi connectivity index (χ1n) is 5.40. The zero-order chi connectivity index (χ0) is 13.1. The smallest absolute Gasteiger partial charge is 0.373 e. The molecule has 2 aromatic rings. The predicted molar refractivity (Wildman–Crippen MR) is 63.1 cm³/mol. The van der Waals surface area contributed by atoms with Crippen LogP contribution in [0.25, 0.3) is 0 Å². The van der Waals surface area contributed by atoms with Crippen molar-refractivity contribution in [2.75, 3.05) is 7.11 Å². The van der Waals surface area contributed by atoms with Crippen molar-refractivity contribution in [2.24, 2.45) is 0 Å². The third kappa shape index (κ3) is 2.26. The number of aromatic nitrogens is 1. The van der Waals surface area contributed by atoms with Crippen molar-refractivity contribution in [1.29, 1.82) is 0 Å². The maximum absolute atomic E-state index is 11.2. The van der Waals surface area contributed by atoms with Crippen LogP contribution in [0.15, 0.2) is 35.0 Å². The molecule has 0 saturated heterocycles. The van der Waals surface area contributed by atoms with E-state index in [0.717, 1.165) is 5.56 Å². The number of nitrogens with zero attached hydrogens (tertiary/aromatic N) is 1. The molecule has 0 aromatic carbocycles. The number of hydrogen-bond acceptors (Lipinski definition) is 5. The molecular formula is C13H13NO4. The van der Waals surface area contributed by atoms with Gasteiger partial charge in [-0.2, -0.15) is 0 Å². The van der Waals surface area contributed by atoms with E-state index in [1.54, 1.807) is 24.5 Å². The summed E-state index contributed by atoms with van der Waals surface area (Å²) in [6.07, 6.45) is 2.27. The van der Waals surface area contributed by atoms with Gasteiger partial charge in [-0.3, -0.25) is 4.98 Å². The lowest BCUT2D eigenvalue weighted by Crippen LogP contribution is -2.02. The van der Waals surface area contributed by atoms with E-state index in [2.05, 4.69) is 9.72 Å². The molecule has 0 aliphatic heterocycles. The lowest BCUT2D eigenvalue weighted by atomic mass is 10.1. The number of hydrogen-bond donors (Lipinski definition) is 1. The number of carbonyl (C=O) groups is 1. The third-order valence-corrected chi connectivity index (χ3v) is 2.66. The summed E-state index contributed by atoms with van der Waals surface area (Å²) in [6.45, 7) is 1.87. The summed E-state index contributed by atoms with van der Waals surface area (Å²) in [5.41, 5.74) is 1.54. The summed E-state index contributed by atoms with van der Waals surface area (Å²) in [5.74, 6) is -0.226. The lowest BCUT2D eigenvalue weighted by molar-refractivity contribution is 0.0558. The van der Waals surface area contributed by atoms with E-state index in [-0.39, 0.29) is 11.5 Å². The molecule has 1 atom stereocenters. The third-order valence-electron chi connectivity index (χ3n) is 2.66. The molecule has 94 valence electrons. The van der Waals surface area contributed by atoms with Crippen LogP contribution in [0.3, 0.4) is 0 Å². The number of aliphatic hydroxyl groups is 1. The fourth-order valence-electron chi connectivity index (χ4n) is 1.63. The number of esters is 1. The van der Waals surface area contributed by atoms with E-state index in [0.29, 0.717) is 5.56 Å². The van der Waals surface area contributed by atoms with Crippen LogP contribution >= 0.6 is 0 Å². The minimum absolute atomic E-state index is 0.0630. The Morgan fingerprint density at radius 2 is 2.22 bits per heavy atom. The van der Waals surface area contributed by atoms with Gasteiger partial charge in [-0.25, -0.2) is 4.79 Å². The van der Waals surface area contributed by atoms with Gasteiger partial charge in [0.15, 0.2) is 0 Å². The van der Waals surface area contributed by atoms with Crippen LogP contribution in [0.1, 0.15) is 33.5 Å². The highest BCUT2D eigenvalue weighted by atomic mass is 16.5. The first-order valence-corrected chi connectivity index (χ1v) is 5.40. The maximum atomic E-state index is 11.2. The highest BCUT2D eigenvalue weighted by Crippen LogP contribution is 2.25. The van der Waals surface area contributed by atoms with Crippen molar-refractivity contribution in [2.45, 2.75) is 13.0 Å². The maximum Gasteiger partial charge on any atom is 0.373 e. The topological polar surface area (TPSA) is 72.6 Å². The van der Waals surface area contributed by atoms with Gasteiger partial charge < -0.3 is 14.3 Å². The average molecular weight is 247 g/mol. The molecule has 0 aliphatic carbocycles. The monoisotopic (exact) mass is 247 g/mol. The number of ether oxygens (including phenoxy) is 1. The van der Waals surface area contributed by atoms with E-state index in [1.807, 2.05) is 6.92 Å². The summed E-state index contributed by atoms with van der Waals surface area (Å²) < 4.78 is 9.79. The van der Waals surface area contributed by atoms with Gasteiger partial charge in [0.2, 0.25) is 5.76 Å². The number of methoxy groups -OCH3 is 1. The summed E-state index contributed by atoms with van der Waals surface area (Å²) in [6, 6.07) is 4.81. The molecule has 0 saturated carbocycles. The Balaban J connectivity index is 2.29. The second-order valence-electron chi connectivity index (χ2n) is 3.83. The second-order valence-corrected chi connectivity index (χ2v) is 3.83. The molecule has 5 nitrogen and oxygen atoms in total. The molecule has 1 unspecified atom stereocenters. The van der Waals surface area contributed by atoms with Gasteiger partial charge in [-0.05, 0) is 30.7 Å². The summed E-state index contributed by atoms with van der Waals surface area (Å²) in [4.78, 5) is 15.2. The standard InChI is InChI=1S/C13H13NO4/c1-8-5-6-14-7-9(8)12(15)10-3-4-11(18-10)13(16)17-2/h3-7,12,15H,1-2H3. The Bertz CT molecular complexity index is 562. The molecule has 2 heterocycles. The Morgan fingerprint density at radius 1 is 1.44 bits per heavy atom. The Morgan fingerprint density at radius 3 is 2.89 bits per heavy atom. The summed E-state index contributed by atoms with van der Waals surface area (Å²) in [5, 5.41) is 10.2. The SMILES string of the molecule is COC(=O)c1ccc(C(O)c2cnccc2C)o1. The lowest BCUT2D eigenvalue weighted by Gasteiger charge is -2.10. The van der Waals surface area contributed by atoms with Crippen LogP contribution in [0.2, 0.25) is 0 Å². The Labute approximate surface area is 104 Å². The van der Waals surface area contributed by atoms with E-state index >= 15 is 0 Å². The Kier molecular flexibility index (Phi) is 3.43. The number of carbonyl (C=O) groups excluding carboxylic acids is 1. The molecule has 0 amide bonds. The molecule has 0 aliphatic rings. The van der Waals surface area contributed by atoms with Crippen molar-refractivity contribution in [3.05, 3.63) is 53.2 Å². The highest BCUT2D eigenvalue weighted by molar-refractivity contribution is 5.86. The molecule has 2 rings (SSSR count). The van der Waals surface area contributed by atoms with Crippen LogP contribution in [0.5, 0.6) is 0 Å². The first kappa shape index (κ1) is 12.3. The van der Waals surface area contributed by atoms with Crippen molar-refractivity contribution in [3.63, 3.8) is 0 Å². The van der Waals surface area contributed by atoms with Gasteiger partial charge in [-0.15, -0.1) is 0 Å². The number of furan rings is 1. The van der Waals surface area contributed by atoms with E-state index in [1.165, 1.54) is 13.2 Å². The molecule has 18 heavy (non-hydrogen) atoms. The van der Waals surface area contributed by atoms with Gasteiger partial charge in [0.25, 0.3) is 0 Å². The van der Waals surface area contributed by atoms with Crippen molar-refractivity contribution < 1.29 is 19.1 Å². The zero-order valence-electron chi connectivity index (χ0n) is 10.1. The van der Waals surface area contributed by atoms with Crippen molar-refractivity contribution in [1.82, 2.24) is 4.98 Å². The van der Waals surface area contributed by atoms with Crippen LogP contribution in [0, 0.1) is 6.92 Å². The molecule has 0 spiro atoms. The predicted octanol–water partition coefficient (Wildman–Crippen LogP) is 1.85. The van der Waals surface area contributed by atoms with E-state index < -0.39 is 12.1 Å². The molecule has 1 N–H and O–H groups in total. The summed E-state index contributed by atoms with van der Waals surface area (Å²) >= 11 is 0. The van der Waals surface area contributed by atoms with Crippen molar-refractivity contribution >= 4 is 5.97 Å². The van der Waals surface area contributed by atoms with Gasteiger partial charge >= 0.3 is 5.97 Å². The second kappa shape index (κ2) is 5.01. The fraction of sp³-hybridized carbons (Fsp3) is 0.231. The van der Waals surface area contributed by atoms with Crippen LogP contribution in [-0.4, -0.2) is 23.2 Å². The van der Waals surface area contributed by atoms with Crippen molar-refractivity contribution in [3.8, 4) is 0 Å². The molecule has 2 aromatic heterocycles. The zero-order valence-corrected chi connectivity index (χ0v) is 10.1. The first-order chi connectivity index (χ1) is 8.63. The minimum Gasteiger partial charge on any atom is -0.463 e. The fourth-order valence-corrected chi connectivity index (χ4v) is 1.63. The largest absolute Gasteiger partial charge is 0.463 e. The van der Waals surface area contributed by atoms with Crippen LogP contribution < -0.4 is 0 Å². The number of aliphatic hydroxyl groups excluding tert-OH is 1. The minimum atomic E-state index is -0.947. The quantitative estimate of drug-likeness (QED) is 0.838. The molecule has 0 bridgehead atoms. The molecule has 5 heteroatoms. The average Bonchev–Trinajstić information content (AvgIpc) is 2.87. The highest BCUT2D eigenvalue weighted by Gasteiger charge is 2.19. The number of rotatable bonds is 3. The van der Waals surface area contributed by atoms with Gasteiger partial charge in [0.05, 0.1) is 7.11 Å². The Hall–Kier alpha value is -2.14. The molecular weight excluding hydrogens is 234 g/mol. The number of aryl methyl sites for hydroxylation is 1. The van der Waals surface area contributed by atoms with Gasteiger partial charge in [0.1, 0.15) is 11.9 Å². The van der Waals surface area contributed by atoms with Gasteiger partial charge in [0, 0.05) is 18.0 Å². The molecule has 0 fully saturated rings. The van der Waals surface area contributed by atoms with E-state index in [4.69, 9.17) is 4.42 Å².